The van der Waals surface area contributed by atoms with E-state index in [1.165, 1.54) is 47.8 Å². The highest BCUT2D eigenvalue weighted by Crippen LogP contribution is 2.33. The molecule has 1 N–H and O–H groups in total. The molecule has 0 amide bonds. The Morgan fingerprint density at radius 2 is 1.03 bits per heavy atom. The molecule has 0 aromatic heterocycles. The standard InChI is InChI=1S/C12H15F3OS.C12H13F3OS.C2H6/c2*1-11(2,7-16)8-17-10-5-3-9(4-6-10)12(13,14)15;1-2/h3-6,16H,7-8H2,1-2H3;3-7H,8H2,1-2H3;1-2H3. The largest absolute Gasteiger partial charge is 0.416 e. The van der Waals surface area contributed by atoms with Crippen molar-refractivity contribution in [3.63, 3.8) is 0 Å². The third kappa shape index (κ3) is 13.6. The predicted molar refractivity (Wildman–Crippen MR) is 136 cm³/mol. The summed E-state index contributed by atoms with van der Waals surface area (Å²) < 4.78 is 73.8. The maximum Gasteiger partial charge on any atom is 0.416 e. The van der Waals surface area contributed by atoms with Gasteiger partial charge in [0.05, 0.1) is 11.1 Å². The van der Waals surface area contributed by atoms with Gasteiger partial charge in [0.25, 0.3) is 0 Å². The van der Waals surface area contributed by atoms with Gasteiger partial charge in [-0.15, -0.1) is 23.5 Å². The van der Waals surface area contributed by atoms with E-state index in [2.05, 4.69) is 0 Å². The molecular formula is C26H34F6O2S2. The fraction of sp³-hybridized carbons (Fsp3) is 0.500. The smallest absolute Gasteiger partial charge is 0.396 e. The van der Waals surface area contributed by atoms with E-state index in [0.717, 1.165) is 40.3 Å². The number of thioether (sulfide) groups is 2. The van der Waals surface area contributed by atoms with Crippen molar-refractivity contribution < 1.29 is 36.2 Å². The van der Waals surface area contributed by atoms with Gasteiger partial charge in [-0.1, -0.05) is 41.5 Å². The Hall–Kier alpha value is -1.65. The van der Waals surface area contributed by atoms with Crippen molar-refractivity contribution in [1.82, 2.24) is 0 Å². The maximum absolute atomic E-state index is 12.3. The number of carbonyl (C=O) groups is 1. The van der Waals surface area contributed by atoms with Gasteiger partial charge in [-0.05, 0) is 53.9 Å². The number of rotatable bonds is 8. The molecule has 36 heavy (non-hydrogen) atoms. The number of hydrogen-bond acceptors (Lipinski definition) is 4. The summed E-state index contributed by atoms with van der Waals surface area (Å²) in [6.07, 6.45) is -7.73. The van der Waals surface area contributed by atoms with Gasteiger partial charge in [0.15, 0.2) is 0 Å². The van der Waals surface area contributed by atoms with Crippen molar-refractivity contribution in [1.29, 1.82) is 0 Å². The van der Waals surface area contributed by atoms with Crippen LogP contribution in [0.4, 0.5) is 26.3 Å². The highest BCUT2D eigenvalue weighted by Gasteiger charge is 2.30. The highest BCUT2D eigenvalue weighted by molar-refractivity contribution is 7.99. The van der Waals surface area contributed by atoms with E-state index in [4.69, 9.17) is 5.11 Å². The summed E-state index contributed by atoms with van der Waals surface area (Å²) in [6.45, 7) is 11.4. The zero-order valence-electron chi connectivity index (χ0n) is 21.3. The zero-order valence-corrected chi connectivity index (χ0v) is 22.9. The Balaban J connectivity index is 0.000000637. The predicted octanol–water partition coefficient (Wildman–Crippen LogP) is 8.86. The summed E-state index contributed by atoms with van der Waals surface area (Å²) >= 11 is 2.82. The molecule has 2 rings (SSSR count). The number of halogens is 6. The van der Waals surface area contributed by atoms with Crippen LogP contribution in [-0.2, 0) is 17.1 Å². The highest BCUT2D eigenvalue weighted by atomic mass is 32.2. The average molecular weight is 557 g/mol. The van der Waals surface area contributed by atoms with Crippen LogP contribution in [0, 0.1) is 10.8 Å². The lowest BCUT2D eigenvalue weighted by Crippen LogP contribution is -2.19. The lowest BCUT2D eigenvalue weighted by molar-refractivity contribution is -0.138. The maximum atomic E-state index is 12.3. The monoisotopic (exact) mass is 556 g/mol. The number of hydrogen-bond donors (Lipinski definition) is 1. The molecule has 10 heteroatoms. The molecule has 2 aromatic carbocycles. The van der Waals surface area contributed by atoms with Crippen LogP contribution >= 0.6 is 23.5 Å². The zero-order chi connectivity index (χ0) is 28.2. The molecule has 0 fully saturated rings. The topological polar surface area (TPSA) is 37.3 Å². The van der Waals surface area contributed by atoms with Crippen LogP contribution in [0.1, 0.15) is 52.7 Å². The normalized spacial score (nSPS) is 12.1. The molecule has 0 heterocycles. The van der Waals surface area contributed by atoms with Crippen molar-refractivity contribution in [3.05, 3.63) is 59.7 Å². The first-order chi connectivity index (χ1) is 16.5. The number of carbonyl (C=O) groups excluding carboxylic acids is 1. The SMILES string of the molecule is CC.CC(C)(C=O)CSc1ccc(C(F)(F)F)cc1.CC(C)(CO)CSc1ccc(C(F)(F)F)cc1. The van der Waals surface area contributed by atoms with Crippen LogP contribution in [0.5, 0.6) is 0 Å². The first-order valence-electron chi connectivity index (χ1n) is 11.2. The van der Waals surface area contributed by atoms with E-state index in [0.29, 0.717) is 11.5 Å². The van der Waals surface area contributed by atoms with Crippen molar-refractivity contribution in [2.45, 2.75) is 63.7 Å². The Kier molecular flexibility index (Phi) is 14.2. The lowest BCUT2D eigenvalue weighted by Gasteiger charge is -2.20. The van der Waals surface area contributed by atoms with E-state index in [9.17, 15) is 31.1 Å². The minimum absolute atomic E-state index is 0.0562. The second-order valence-corrected chi connectivity index (χ2v) is 11.1. The van der Waals surface area contributed by atoms with Gasteiger partial charge in [-0.25, -0.2) is 0 Å². The van der Waals surface area contributed by atoms with E-state index in [1.54, 1.807) is 13.8 Å². The van der Waals surface area contributed by atoms with Crippen LogP contribution in [-0.4, -0.2) is 29.5 Å². The van der Waals surface area contributed by atoms with Crippen molar-refractivity contribution in [2.24, 2.45) is 10.8 Å². The van der Waals surface area contributed by atoms with Crippen LogP contribution < -0.4 is 0 Å². The van der Waals surface area contributed by atoms with Gasteiger partial charge in [-0.2, -0.15) is 26.3 Å². The van der Waals surface area contributed by atoms with Crippen molar-refractivity contribution >= 4 is 29.8 Å². The Labute approximate surface area is 218 Å². The van der Waals surface area contributed by atoms with Gasteiger partial charge >= 0.3 is 12.4 Å². The number of aldehydes is 1. The molecule has 204 valence electrons. The summed E-state index contributed by atoms with van der Waals surface area (Å²) in [5, 5.41) is 9.06. The third-order valence-electron chi connectivity index (χ3n) is 4.35. The molecule has 0 bridgehead atoms. The third-order valence-corrected chi connectivity index (χ3v) is 7.38. The number of alkyl halides is 6. The van der Waals surface area contributed by atoms with E-state index >= 15 is 0 Å². The number of aliphatic hydroxyl groups excluding tert-OH is 1. The minimum atomic E-state index is -4.30. The molecule has 0 saturated carbocycles. The van der Waals surface area contributed by atoms with Crippen molar-refractivity contribution in [2.75, 3.05) is 18.1 Å². The molecule has 0 unspecified atom stereocenters. The van der Waals surface area contributed by atoms with E-state index in [1.807, 2.05) is 27.7 Å². The molecule has 0 spiro atoms. The molecule has 0 aliphatic rings. The summed E-state index contributed by atoms with van der Waals surface area (Å²) in [5.74, 6) is 1.21. The Bertz CT molecular complexity index is 891. The Morgan fingerprint density at radius 1 is 0.694 bits per heavy atom. The second kappa shape index (κ2) is 14.9. The summed E-state index contributed by atoms with van der Waals surface area (Å²) in [4.78, 5) is 12.2. The van der Waals surface area contributed by atoms with Gasteiger partial charge < -0.3 is 9.90 Å². The van der Waals surface area contributed by atoms with E-state index < -0.39 is 28.9 Å². The first-order valence-corrected chi connectivity index (χ1v) is 13.1. The summed E-state index contributed by atoms with van der Waals surface area (Å²) in [6, 6.07) is 10.0. The average Bonchev–Trinajstić information content (AvgIpc) is 2.83. The second-order valence-electron chi connectivity index (χ2n) is 9.05. The quantitative estimate of drug-likeness (QED) is 0.200. The molecule has 0 atom stereocenters. The molecule has 0 saturated heterocycles. The minimum Gasteiger partial charge on any atom is -0.396 e. The summed E-state index contributed by atoms with van der Waals surface area (Å²) in [5.41, 5.74) is -1.99. The van der Waals surface area contributed by atoms with Gasteiger partial charge in [-0.3, -0.25) is 0 Å². The van der Waals surface area contributed by atoms with E-state index in [-0.39, 0.29) is 12.0 Å². The van der Waals surface area contributed by atoms with Gasteiger partial charge in [0.1, 0.15) is 6.29 Å². The number of aliphatic hydroxyl groups is 1. The van der Waals surface area contributed by atoms with Gasteiger partial charge in [0, 0.05) is 33.3 Å². The molecule has 2 nitrogen and oxygen atoms in total. The molecule has 0 aliphatic carbocycles. The number of benzene rings is 2. The van der Waals surface area contributed by atoms with Crippen LogP contribution in [0.3, 0.4) is 0 Å². The molecular weight excluding hydrogens is 522 g/mol. The van der Waals surface area contributed by atoms with Gasteiger partial charge in [0.2, 0.25) is 0 Å². The summed E-state index contributed by atoms with van der Waals surface area (Å²) in [7, 11) is 0. The van der Waals surface area contributed by atoms with Crippen LogP contribution in [0.25, 0.3) is 0 Å². The molecule has 0 aliphatic heterocycles. The van der Waals surface area contributed by atoms with Crippen molar-refractivity contribution in [3.8, 4) is 0 Å². The molecule has 2 aromatic rings. The lowest BCUT2D eigenvalue weighted by atomic mass is 9.98. The van der Waals surface area contributed by atoms with Crippen LogP contribution in [0.2, 0.25) is 0 Å². The Morgan fingerprint density at radius 3 is 1.31 bits per heavy atom. The first kappa shape index (κ1) is 34.4. The molecule has 0 radical (unpaired) electrons. The van der Waals surface area contributed by atoms with Crippen LogP contribution in [0.15, 0.2) is 58.3 Å². The fourth-order valence-corrected chi connectivity index (χ4v) is 4.02. The fourth-order valence-electron chi connectivity index (χ4n) is 2.11.